The second-order valence-electron chi connectivity index (χ2n) is 5.51. The first-order valence-electron chi connectivity index (χ1n) is 7.81. The summed E-state index contributed by atoms with van der Waals surface area (Å²) in [5, 5.41) is 9.20. The van der Waals surface area contributed by atoms with Crippen LogP contribution >= 0.6 is 11.3 Å². The summed E-state index contributed by atoms with van der Waals surface area (Å²) in [5.74, 6) is 0.521. The zero-order valence-electron chi connectivity index (χ0n) is 13.7. The Morgan fingerprint density at radius 1 is 1.28 bits per heavy atom. The van der Waals surface area contributed by atoms with Crippen molar-refractivity contribution in [3.8, 4) is 11.4 Å². The number of carbonyl (C=O) groups is 2. The number of aryl methyl sites for hydroxylation is 1. The third-order valence-electron chi connectivity index (χ3n) is 3.65. The Kier molecular flexibility index (Phi) is 5.25. The number of rotatable bonds is 6. The Morgan fingerprint density at radius 2 is 2.16 bits per heavy atom. The third-order valence-corrected chi connectivity index (χ3v) is 4.33. The lowest BCUT2D eigenvalue weighted by Gasteiger charge is -2.08. The van der Waals surface area contributed by atoms with E-state index in [1.54, 1.807) is 17.6 Å². The molecular formula is C18H18N4O2S. The number of imidazole rings is 1. The van der Waals surface area contributed by atoms with Crippen LogP contribution < -0.4 is 10.6 Å². The largest absolute Gasteiger partial charge is 0.351 e. The van der Waals surface area contributed by atoms with Gasteiger partial charge in [-0.25, -0.2) is 4.98 Å². The number of benzene rings is 1. The molecular weight excluding hydrogens is 336 g/mol. The maximum absolute atomic E-state index is 12.1. The lowest BCUT2D eigenvalue weighted by molar-refractivity contribution is -0.116. The number of nitrogens with one attached hydrogen (secondary N) is 2. The second kappa shape index (κ2) is 7.76. The summed E-state index contributed by atoms with van der Waals surface area (Å²) in [6.07, 6.45) is 3.82. The van der Waals surface area contributed by atoms with Gasteiger partial charge in [0.05, 0.1) is 0 Å². The Hall–Kier alpha value is -2.93. The van der Waals surface area contributed by atoms with Crippen LogP contribution in [0.1, 0.15) is 16.8 Å². The molecule has 2 aromatic heterocycles. The molecule has 7 heteroatoms. The lowest BCUT2D eigenvalue weighted by Crippen LogP contribution is -2.27. The monoisotopic (exact) mass is 354 g/mol. The van der Waals surface area contributed by atoms with E-state index in [1.165, 1.54) is 11.3 Å². The van der Waals surface area contributed by atoms with E-state index >= 15 is 0 Å². The van der Waals surface area contributed by atoms with Crippen molar-refractivity contribution in [3.63, 3.8) is 0 Å². The molecule has 0 bridgehead atoms. The van der Waals surface area contributed by atoms with Crippen molar-refractivity contribution in [2.45, 2.75) is 6.42 Å². The van der Waals surface area contributed by atoms with Crippen molar-refractivity contribution in [1.82, 2.24) is 14.9 Å². The fourth-order valence-corrected chi connectivity index (χ4v) is 3.02. The van der Waals surface area contributed by atoms with Crippen LogP contribution in [-0.4, -0.2) is 27.9 Å². The van der Waals surface area contributed by atoms with E-state index in [4.69, 9.17) is 0 Å². The Bertz CT molecular complexity index is 871. The smallest absolute Gasteiger partial charge is 0.252 e. The molecule has 0 unspecified atom stereocenters. The van der Waals surface area contributed by atoms with Crippen LogP contribution in [0.15, 0.2) is 53.5 Å². The summed E-state index contributed by atoms with van der Waals surface area (Å²) in [7, 11) is 1.92. The van der Waals surface area contributed by atoms with Crippen LogP contribution in [0.5, 0.6) is 0 Å². The normalized spacial score (nSPS) is 10.4. The van der Waals surface area contributed by atoms with Gasteiger partial charge >= 0.3 is 0 Å². The van der Waals surface area contributed by atoms with Crippen LogP contribution in [-0.2, 0) is 11.8 Å². The Labute approximate surface area is 149 Å². The molecule has 3 rings (SSSR count). The topological polar surface area (TPSA) is 76.0 Å². The number of thiophene rings is 1. The lowest BCUT2D eigenvalue weighted by atomic mass is 10.2. The van der Waals surface area contributed by atoms with Crippen LogP contribution in [0.4, 0.5) is 5.69 Å². The molecule has 0 aliphatic rings. The fourth-order valence-electron chi connectivity index (χ4n) is 2.39. The van der Waals surface area contributed by atoms with Crippen LogP contribution in [0.3, 0.4) is 0 Å². The van der Waals surface area contributed by atoms with Crippen LogP contribution in [0.2, 0.25) is 0 Å². The molecule has 3 aromatic rings. The number of carbonyl (C=O) groups excluding carboxylic acids is 2. The van der Waals surface area contributed by atoms with E-state index in [0.29, 0.717) is 17.8 Å². The quantitative estimate of drug-likeness (QED) is 0.715. The van der Waals surface area contributed by atoms with E-state index in [-0.39, 0.29) is 18.2 Å². The van der Waals surface area contributed by atoms with Gasteiger partial charge in [0, 0.05) is 54.6 Å². The second-order valence-corrected chi connectivity index (χ2v) is 6.29. The number of aromatic nitrogens is 2. The molecule has 0 aliphatic heterocycles. The average Bonchev–Trinajstić information content (AvgIpc) is 3.26. The maximum atomic E-state index is 12.1. The van der Waals surface area contributed by atoms with E-state index in [9.17, 15) is 9.59 Å². The standard InChI is InChI=1S/C18H18N4O2S/c1-22-9-8-19-17(22)13-3-2-4-15(11-13)21-16(23)5-7-20-18(24)14-6-10-25-12-14/h2-4,6,8-12H,5,7H2,1H3,(H,20,24)(H,21,23). The van der Waals surface area contributed by atoms with Gasteiger partial charge in [-0.3, -0.25) is 9.59 Å². The van der Waals surface area contributed by atoms with Gasteiger partial charge in [0.1, 0.15) is 5.82 Å². The zero-order chi connectivity index (χ0) is 17.6. The molecule has 2 amide bonds. The molecule has 0 fully saturated rings. The molecule has 0 spiro atoms. The van der Waals surface area contributed by atoms with Crippen molar-refractivity contribution in [3.05, 3.63) is 59.0 Å². The first-order chi connectivity index (χ1) is 12.1. The van der Waals surface area contributed by atoms with Gasteiger partial charge in [-0.2, -0.15) is 11.3 Å². The molecule has 0 atom stereocenters. The van der Waals surface area contributed by atoms with Gasteiger partial charge in [0.25, 0.3) is 5.91 Å². The van der Waals surface area contributed by atoms with Gasteiger partial charge in [0.15, 0.2) is 0 Å². The predicted octanol–water partition coefficient (Wildman–Crippen LogP) is 2.91. The number of hydrogen-bond acceptors (Lipinski definition) is 4. The SMILES string of the molecule is Cn1ccnc1-c1cccc(NC(=O)CCNC(=O)c2ccsc2)c1. The van der Waals surface area contributed by atoms with Crippen molar-refractivity contribution >= 4 is 28.8 Å². The van der Waals surface area contributed by atoms with E-state index < -0.39 is 0 Å². The molecule has 2 heterocycles. The highest BCUT2D eigenvalue weighted by atomic mass is 32.1. The van der Waals surface area contributed by atoms with Crippen LogP contribution in [0.25, 0.3) is 11.4 Å². The van der Waals surface area contributed by atoms with Gasteiger partial charge in [-0.15, -0.1) is 0 Å². The number of amides is 2. The van der Waals surface area contributed by atoms with Crippen molar-refractivity contribution in [2.24, 2.45) is 7.05 Å². The highest BCUT2D eigenvalue weighted by molar-refractivity contribution is 7.08. The van der Waals surface area contributed by atoms with Gasteiger partial charge in [-0.1, -0.05) is 12.1 Å². The minimum Gasteiger partial charge on any atom is -0.351 e. The highest BCUT2D eigenvalue weighted by Crippen LogP contribution is 2.20. The summed E-state index contributed by atoms with van der Waals surface area (Å²) in [5.41, 5.74) is 2.25. The first kappa shape index (κ1) is 16.9. The van der Waals surface area contributed by atoms with E-state index in [0.717, 1.165) is 11.4 Å². The predicted molar refractivity (Wildman–Crippen MR) is 98.5 cm³/mol. The average molecular weight is 354 g/mol. The maximum Gasteiger partial charge on any atom is 0.252 e. The highest BCUT2D eigenvalue weighted by Gasteiger charge is 2.08. The Balaban J connectivity index is 1.53. The van der Waals surface area contributed by atoms with Gasteiger partial charge in [-0.05, 0) is 23.6 Å². The minimum absolute atomic E-state index is 0.150. The summed E-state index contributed by atoms with van der Waals surface area (Å²) in [6.45, 7) is 0.291. The molecule has 0 saturated carbocycles. The third kappa shape index (κ3) is 4.33. The summed E-state index contributed by atoms with van der Waals surface area (Å²) in [4.78, 5) is 28.2. The minimum atomic E-state index is -0.161. The molecule has 2 N–H and O–H groups in total. The summed E-state index contributed by atoms with van der Waals surface area (Å²) < 4.78 is 1.92. The summed E-state index contributed by atoms with van der Waals surface area (Å²) in [6, 6.07) is 9.28. The molecule has 1 aromatic carbocycles. The van der Waals surface area contributed by atoms with Crippen molar-refractivity contribution in [2.75, 3.05) is 11.9 Å². The van der Waals surface area contributed by atoms with Crippen molar-refractivity contribution in [1.29, 1.82) is 0 Å². The van der Waals surface area contributed by atoms with Crippen LogP contribution in [0, 0.1) is 0 Å². The van der Waals surface area contributed by atoms with Gasteiger partial charge < -0.3 is 15.2 Å². The van der Waals surface area contributed by atoms with E-state index in [1.807, 2.05) is 47.5 Å². The Morgan fingerprint density at radius 3 is 2.88 bits per heavy atom. The molecule has 6 nitrogen and oxygen atoms in total. The first-order valence-corrected chi connectivity index (χ1v) is 8.76. The molecule has 25 heavy (non-hydrogen) atoms. The summed E-state index contributed by atoms with van der Waals surface area (Å²) >= 11 is 1.46. The molecule has 0 saturated heterocycles. The number of anilines is 1. The van der Waals surface area contributed by atoms with Crippen molar-refractivity contribution < 1.29 is 9.59 Å². The molecule has 128 valence electrons. The van der Waals surface area contributed by atoms with Gasteiger partial charge in [0.2, 0.25) is 5.91 Å². The van der Waals surface area contributed by atoms with E-state index in [2.05, 4.69) is 15.6 Å². The number of nitrogens with zero attached hydrogens (tertiary/aromatic N) is 2. The number of hydrogen-bond donors (Lipinski definition) is 2. The fraction of sp³-hybridized carbons (Fsp3) is 0.167. The zero-order valence-corrected chi connectivity index (χ0v) is 14.5. The molecule has 0 aliphatic carbocycles. The molecule has 0 radical (unpaired) electrons.